The van der Waals surface area contributed by atoms with E-state index in [0.29, 0.717) is 5.56 Å². The quantitative estimate of drug-likeness (QED) is 0.725. The lowest BCUT2D eigenvalue weighted by atomic mass is 10.1. The van der Waals surface area contributed by atoms with Crippen LogP contribution in [-0.4, -0.2) is 28.5 Å². The van der Waals surface area contributed by atoms with Crippen molar-refractivity contribution in [3.63, 3.8) is 0 Å². The van der Waals surface area contributed by atoms with Crippen molar-refractivity contribution in [2.45, 2.75) is 17.1 Å². The standard InChI is InChI=1S/C18H17NO5S2/c1-2-3-12-26(23,24)19-18(20)16-9-7-8-15(13-16)14-25(21,22)17-10-5-4-6-11-17/h1,4-11,13H,3,12,14H2,(H,19,20). The number of benzene rings is 2. The van der Waals surface area contributed by atoms with E-state index in [4.69, 9.17) is 6.42 Å². The van der Waals surface area contributed by atoms with Crippen molar-refractivity contribution < 1.29 is 21.6 Å². The second-order valence-corrected chi connectivity index (χ2v) is 9.31. The van der Waals surface area contributed by atoms with Crippen LogP contribution >= 0.6 is 0 Å². The molecule has 0 atom stereocenters. The van der Waals surface area contributed by atoms with Crippen molar-refractivity contribution in [2.75, 3.05) is 5.75 Å². The molecule has 1 amide bonds. The van der Waals surface area contributed by atoms with Gasteiger partial charge < -0.3 is 0 Å². The zero-order chi connectivity index (χ0) is 19.2. The zero-order valence-electron chi connectivity index (χ0n) is 13.8. The zero-order valence-corrected chi connectivity index (χ0v) is 15.4. The molecule has 0 aromatic heterocycles. The van der Waals surface area contributed by atoms with E-state index in [1.807, 2.05) is 4.72 Å². The summed E-state index contributed by atoms with van der Waals surface area (Å²) in [7, 11) is -7.42. The Morgan fingerprint density at radius 3 is 2.35 bits per heavy atom. The molecule has 0 heterocycles. The molecule has 0 saturated carbocycles. The van der Waals surface area contributed by atoms with Gasteiger partial charge in [0, 0.05) is 12.0 Å². The predicted molar refractivity (Wildman–Crippen MR) is 98.5 cm³/mol. The molecule has 0 aliphatic heterocycles. The average Bonchev–Trinajstić information content (AvgIpc) is 2.60. The van der Waals surface area contributed by atoms with Gasteiger partial charge in [-0.05, 0) is 29.8 Å². The molecule has 2 rings (SSSR count). The highest BCUT2D eigenvalue weighted by molar-refractivity contribution is 7.90. The first-order valence-electron chi connectivity index (χ1n) is 7.58. The first-order chi connectivity index (χ1) is 12.2. The molecule has 26 heavy (non-hydrogen) atoms. The number of hydrogen-bond acceptors (Lipinski definition) is 5. The molecule has 0 saturated heterocycles. The number of terminal acetylenes is 1. The molecule has 6 nitrogen and oxygen atoms in total. The van der Waals surface area contributed by atoms with Crippen molar-refractivity contribution in [2.24, 2.45) is 0 Å². The molecule has 136 valence electrons. The Morgan fingerprint density at radius 1 is 1.00 bits per heavy atom. The van der Waals surface area contributed by atoms with Crippen molar-refractivity contribution in [3.05, 3.63) is 65.7 Å². The number of nitrogens with one attached hydrogen (secondary N) is 1. The lowest BCUT2D eigenvalue weighted by Crippen LogP contribution is -2.32. The molecule has 1 N–H and O–H groups in total. The number of rotatable bonds is 7. The van der Waals surface area contributed by atoms with Gasteiger partial charge in [0.05, 0.1) is 16.4 Å². The number of hydrogen-bond donors (Lipinski definition) is 1. The van der Waals surface area contributed by atoms with Gasteiger partial charge in [-0.25, -0.2) is 21.6 Å². The Hall–Kier alpha value is -2.63. The third-order valence-electron chi connectivity index (χ3n) is 3.41. The van der Waals surface area contributed by atoms with Crippen LogP contribution in [0.4, 0.5) is 0 Å². The number of amides is 1. The third kappa shape index (κ3) is 5.44. The summed E-state index contributed by atoms with van der Waals surface area (Å²) in [6, 6.07) is 13.8. The second-order valence-electron chi connectivity index (χ2n) is 5.48. The van der Waals surface area contributed by atoms with E-state index >= 15 is 0 Å². The smallest absolute Gasteiger partial charge is 0.264 e. The maximum Gasteiger partial charge on any atom is 0.264 e. The third-order valence-corrected chi connectivity index (χ3v) is 6.35. The normalized spacial score (nSPS) is 11.5. The van der Waals surface area contributed by atoms with Gasteiger partial charge in [-0.2, -0.15) is 0 Å². The van der Waals surface area contributed by atoms with Gasteiger partial charge in [0.1, 0.15) is 0 Å². The van der Waals surface area contributed by atoms with Gasteiger partial charge in [-0.15, -0.1) is 12.3 Å². The minimum atomic E-state index is -3.84. The van der Waals surface area contributed by atoms with Crippen LogP contribution in [0.5, 0.6) is 0 Å². The highest BCUT2D eigenvalue weighted by Crippen LogP contribution is 2.17. The summed E-state index contributed by atoms with van der Waals surface area (Å²) >= 11 is 0. The Labute approximate surface area is 153 Å². The Morgan fingerprint density at radius 2 is 1.69 bits per heavy atom. The fourth-order valence-corrected chi connectivity index (χ4v) is 4.42. The number of sulfone groups is 1. The van der Waals surface area contributed by atoms with E-state index in [0.717, 1.165) is 0 Å². The van der Waals surface area contributed by atoms with Crippen LogP contribution in [0.15, 0.2) is 59.5 Å². The fraction of sp³-hybridized carbons (Fsp3) is 0.167. The van der Waals surface area contributed by atoms with Crippen molar-refractivity contribution >= 4 is 25.8 Å². The second kappa shape index (κ2) is 8.17. The maximum atomic E-state index is 12.4. The van der Waals surface area contributed by atoms with Gasteiger partial charge in [0.2, 0.25) is 10.0 Å². The molecule has 2 aromatic rings. The van der Waals surface area contributed by atoms with Gasteiger partial charge >= 0.3 is 0 Å². The number of sulfonamides is 1. The van der Waals surface area contributed by atoms with Crippen molar-refractivity contribution in [3.8, 4) is 12.3 Å². The van der Waals surface area contributed by atoms with Gasteiger partial charge in [0.25, 0.3) is 5.91 Å². The molecular formula is C18H17NO5S2. The van der Waals surface area contributed by atoms with E-state index in [9.17, 15) is 21.6 Å². The highest BCUT2D eigenvalue weighted by Gasteiger charge is 2.18. The van der Waals surface area contributed by atoms with Crippen LogP contribution in [-0.2, 0) is 25.6 Å². The van der Waals surface area contributed by atoms with E-state index in [1.165, 1.54) is 30.3 Å². The number of carbonyl (C=O) groups excluding carboxylic acids is 1. The molecule has 2 aromatic carbocycles. The molecule has 0 bridgehead atoms. The van der Waals surface area contributed by atoms with Gasteiger partial charge in [-0.1, -0.05) is 30.3 Å². The summed E-state index contributed by atoms with van der Waals surface area (Å²) < 4.78 is 50.2. The van der Waals surface area contributed by atoms with E-state index in [-0.39, 0.29) is 28.4 Å². The molecule has 0 spiro atoms. The highest BCUT2D eigenvalue weighted by atomic mass is 32.2. The summed E-state index contributed by atoms with van der Waals surface area (Å²) in [6.45, 7) is 0. The first kappa shape index (κ1) is 19.7. The molecule has 0 fully saturated rings. The molecule has 0 radical (unpaired) electrons. The Kier molecular flexibility index (Phi) is 6.18. The van der Waals surface area contributed by atoms with E-state index < -0.39 is 25.8 Å². The summed E-state index contributed by atoms with van der Waals surface area (Å²) in [5.74, 6) is 0.690. The molecule has 8 heteroatoms. The Bertz CT molecular complexity index is 1040. The largest absolute Gasteiger partial charge is 0.268 e. The average molecular weight is 391 g/mol. The van der Waals surface area contributed by atoms with Crippen LogP contribution in [0.25, 0.3) is 0 Å². The topological polar surface area (TPSA) is 97.4 Å². The van der Waals surface area contributed by atoms with Crippen LogP contribution in [0.3, 0.4) is 0 Å². The Balaban J connectivity index is 2.18. The van der Waals surface area contributed by atoms with E-state index in [1.54, 1.807) is 24.3 Å². The SMILES string of the molecule is C#CCCS(=O)(=O)NC(=O)c1cccc(CS(=O)(=O)c2ccccc2)c1. The monoisotopic (exact) mass is 391 g/mol. The minimum absolute atomic E-state index is 0.0159. The molecular weight excluding hydrogens is 374 g/mol. The van der Waals surface area contributed by atoms with Crippen LogP contribution < -0.4 is 4.72 Å². The van der Waals surface area contributed by atoms with Crippen LogP contribution in [0, 0.1) is 12.3 Å². The van der Waals surface area contributed by atoms with E-state index in [2.05, 4.69) is 5.92 Å². The lowest BCUT2D eigenvalue weighted by molar-refractivity contribution is 0.0981. The maximum absolute atomic E-state index is 12.4. The van der Waals surface area contributed by atoms with Crippen LogP contribution in [0.1, 0.15) is 22.3 Å². The minimum Gasteiger partial charge on any atom is -0.268 e. The molecule has 0 unspecified atom stereocenters. The van der Waals surface area contributed by atoms with Gasteiger partial charge in [0.15, 0.2) is 9.84 Å². The fourth-order valence-electron chi connectivity index (χ4n) is 2.18. The number of carbonyl (C=O) groups is 1. The van der Waals surface area contributed by atoms with Crippen LogP contribution in [0.2, 0.25) is 0 Å². The summed E-state index contributed by atoms with van der Waals surface area (Å²) in [5.41, 5.74) is 0.428. The predicted octanol–water partition coefficient (Wildman–Crippen LogP) is 1.74. The van der Waals surface area contributed by atoms with Crippen molar-refractivity contribution in [1.82, 2.24) is 4.72 Å². The summed E-state index contributed by atoms with van der Waals surface area (Å²) in [5, 5.41) is 0. The summed E-state index contributed by atoms with van der Waals surface area (Å²) in [6.07, 6.45) is 5.00. The lowest BCUT2D eigenvalue weighted by Gasteiger charge is -2.08. The van der Waals surface area contributed by atoms with Crippen molar-refractivity contribution in [1.29, 1.82) is 0 Å². The van der Waals surface area contributed by atoms with Gasteiger partial charge in [-0.3, -0.25) is 4.79 Å². The molecule has 0 aliphatic carbocycles. The summed E-state index contributed by atoms with van der Waals surface area (Å²) in [4.78, 5) is 12.3. The molecule has 0 aliphatic rings. The first-order valence-corrected chi connectivity index (χ1v) is 10.9.